The summed E-state index contributed by atoms with van der Waals surface area (Å²) in [6, 6.07) is 20.9. The Morgan fingerprint density at radius 1 is 0.935 bits per heavy atom. The van der Waals surface area contributed by atoms with Crippen molar-refractivity contribution in [1.82, 2.24) is 0 Å². The number of sulfonamides is 1. The summed E-state index contributed by atoms with van der Waals surface area (Å²) in [5, 5.41) is 1.81. The lowest BCUT2D eigenvalue weighted by atomic mass is 10.1. The van der Waals surface area contributed by atoms with Crippen LogP contribution in [0.2, 0.25) is 0 Å². The van der Waals surface area contributed by atoms with Crippen LogP contribution >= 0.6 is 0 Å². The number of hydrogen-bond donors (Lipinski definition) is 2. The first-order chi connectivity index (χ1) is 14.7. The third kappa shape index (κ3) is 4.86. The van der Waals surface area contributed by atoms with Gasteiger partial charge in [0.1, 0.15) is 17.2 Å². The van der Waals surface area contributed by atoms with Crippen molar-refractivity contribution in [2.45, 2.75) is 11.9 Å². The molecule has 3 N–H and O–H groups in total. The second-order valence-corrected chi connectivity index (χ2v) is 8.48. The summed E-state index contributed by atoms with van der Waals surface area (Å²) in [7, 11) is -5.48. The van der Waals surface area contributed by atoms with Crippen LogP contribution in [-0.2, 0) is 16.4 Å². The number of amidine groups is 1. The van der Waals surface area contributed by atoms with Crippen LogP contribution < -0.4 is 14.8 Å². The molecule has 0 amide bonds. The van der Waals surface area contributed by atoms with Gasteiger partial charge in [-0.3, -0.25) is 10.0 Å². The van der Waals surface area contributed by atoms with Gasteiger partial charge in [0.15, 0.2) is 5.69 Å². The van der Waals surface area contributed by atoms with Gasteiger partial charge in [0.2, 0.25) is 5.84 Å². The summed E-state index contributed by atoms with van der Waals surface area (Å²) in [5.41, 5.74) is -3.50. The molecule has 0 aromatic heterocycles. The van der Waals surface area contributed by atoms with Gasteiger partial charge in [-0.05, 0) is 42.0 Å². The second-order valence-electron chi connectivity index (χ2n) is 6.81. The van der Waals surface area contributed by atoms with Gasteiger partial charge < -0.3 is 4.74 Å². The summed E-state index contributed by atoms with van der Waals surface area (Å²) in [6.45, 7) is 0. The molecule has 3 aromatic rings. The molecule has 0 bridgehead atoms. The smallest absolute Gasteiger partial charge is 0.457 e. The molecular formula is C21H17F3N3O3S+. The van der Waals surface area contributed by atoms with E-state index >= 15 is 0 Å². The van der Waals surface area contributed by atoms with E-state index in [1.165, 1.54) is 22.9 Å². The first-order valence-corrected chi connectivity index (χ1v) is 10.7. The molecule has 0 unspecified atom stereocenters. The minimum absolute atomic E-state index is 0.197. The van der Waals surface area contributed by atoms with Crippen molar-refractivity contribution in [2.24, 2.45) is 4.99 Å². The summed E-state index contributed by atoms with van der Waals surface area (Å²) in [5.74, 6) is 2.14. The monoisotopic (exact) mass is 448 g/mol. The highest BCUT2D eigenvalue weighted by Crippen LogP contribution is 2.31. The van der Waals surface area contributed by atoms with E-state index in [1.54, 1.807) is 0 Å². The lowest BCUT2D eigenvalue weighted by molar-refractivity contribution is -0.440. The molecule has 6 nitrogen and oxygen atoms in total. The topological polar surface area (TPSA) is 84.4 Å². The van der Waals surface area contributed by atoms with Crippen LogP contribution in [0.15, 0.2) is 77.8 Å². The van der Waals surface area contributed by atoms with Crippen LogP contribution in [0.3, 0.4) is 0 Å². The van der Waals surface area contributed by atoms with E-state index in [1.807, 2.05) is 59.9 Å². The van der Waals surface area contributed by atoms with Crippen LogP contribution in [0, 0.1) is 0 Å². The van der Waals surface area contributed by atoms with Crippen LogP contribution in [-0.4, -0.2) is 19.8 Å². The zero-order valence-corrected chi connectivity index (χ0v) is 16.7. The molecule has 0 atom stereocenters. The van der Waals surface area contributed by atoms with Crippen LogP contribution in [0.5, 0.6) is 11.5 Å². The quantitative estimate of drug-likeness (QED) is 0.554. The number of rotatable bonds is 6. The molecule has 0 radical (unpaired) electrons. The lowest BCUT2D eigenvalue weighted by Gasteiger charge is -2.10. The predicted octanol–water partition coefficient (Wildman–Crippen LogP) is 4.22. The molecule has 3 aromatic carbocycles. The van der Waals surface area contributed by atoms with Crippen molar-refractivity contribution in [3.05, 3.63) is 78.4 Å². The van der Waals surface area contributed by atoms with Gasteiger partial charge in [-0.2, -0.15) is 26.6 Å². The molecule has 1 aliphatic rings. The minimum Gasteiger partial charge on any atom is -0.457 e. The standard InChI is InChI=1S/C21H16F3N3O3S/c22-21(23,24)31(28,29)27-15-8-11-18-19(13-15)26-20(25-18)12-14-6-9-17(10-7-14)30-16-4-2-1-3-5-16/h1-11,13,27H,12H2,(H,25,26)/p+1. The average molecular weight is 448 g/mol. The highest BCUT2D eigenvalue weighted by molar-refractivity contribution is 7.93. The zero-order chi connectivity index (χ0) is 22.1. The number of alkyl halides is 3. The number of benzene rings is 3. The van der Waals surface area contributed by atoms with E-state index in [0.29, 0.717) is 29.4 Å². The van der Waals surface area contributed by atoms with Gasteiger partial charge in [-0.15, -0.1) is 0 Å². The van der Waals surface area contributed by atoms with Gasteiger partial charge in [-0.25, -0.2) is 0 Å². The maximum absolute atomic E-state index is 12.6. The summed E-state index contributed by atoms with van der Waals surface area (Å²) in [4.78, 5) is 4.40. The van der Waals surface area contributed by atoms with Crippen LogP contribution in [0.25, 0.3) is 0 Å². The SMILES string of the molecule is O=S(=O)(Nc1ccc2c(c1)N=C(Cc1ccc(Oc3ccccc3)cc1)[NH2+]2)C(F)(F)F. The van der Waals surface area contributed by atoms with Crippen molar-refractivity contribution < 1.29 is 31.6 Å². The maximum atomic E-state index is 12.6. The van der Waals surface area contributed by atoms with Gasteiger partial charge in [0, 0.05) is 6.07 Å². The number of nitrogens with two attached hydrogens (primary N) is 1. The number of halogens is 3. The fraction of sp³-hybridized carbons (Fsp3) is 0.0952. The minimum atomic E-state index is -5.48. The number of ether oxygens (including phenoxy) is 1. The highest BCUT2D eigenvalue weighted by Gasteiger charge is 2.46. The van der Waals surface area contributed by atoms with E-state index in [-0.39, 0.29) is 5.69 Å². The predicted molar refractivity (Wildman–Crippen MR) is 110 cm³/mol. The molecule has 1 aliphatic heterocycles. The van der Waals surface area contributed by atoms with Crippen molar-refractivity contribution in [3.63, 3.8) is 0 Å². The average Bonchev–Trinajstić information content (AvgIpc) is 3.10. The molecule has 0 fully saturated rings. The fourth-order valence-corrected chi connectivity index (χ4v) is 3.56. The second kappa shape index (κ2) is 8.05. The normalized spacial score (nSPS) is 13.5. The van der Waals surface area contributed by atoms with Crippen molar-refractivity contribution >= 4 is 32.9 Å². The molecule has 0 saturated carbocycles. The number of nitrogens with zero attached hydrogens (tertiary/aromatic N) is 1. The van der Waals surface area contributed by atoms with Crippen LogP contribution in [0.4, 0.5) is 30.2 Å². The van der Waals surface area contributed by atoms with Crippen molar-refractivity contribution in [2.75, 3.05) is 4.72 Å². The highest BCUT2D eigenvalue weighted by atomic mass is 32.2. The number of fused-ring (bicyclic) bond motifs is 1. The van der Waals surface area contributed by atoms with Crippen LogP contribution in [0.1, 0.15) is 5.56 Å². The number of anilines is 1. The molecule has 4 rings (SSSR count). The van der Waals surface area contributed by atoms with Crippen molar-refractivity contribution in [3.8, 4) is 11.5 Å². The van der Waals surface area contributed by atoms with Crippen molar-refractivity contribution in [1.29, 1.82) is 0 Å². The van der Waals surface area contributed by atoms with E-state index in [2.05, 4.69) is 4.99 Å². The van der Waals surface area contributed by atoms with Gasteiger partial charge in [-0.1, -0.05) is 30.3 Å². The lowest BCUT2D eigenvalue weighted by Crippen LogP contribution is -2.81. The van der Waals surface area contributed by atoms with E-state index < -0.39 is 15.5 Å². The summed E-state index contributed by atoms with van der Waals surface area (Å²) < 4.78 is 67.5. The molecule has 0 aliphatic carbocycles. The molecule has 31 heavy (non-hydrogen) atoms. The Morgan fingerprint density at radius 2 is 1.61 bits per heavy atom. The first kappa shape index (κ1) is 20.9. The largest absolute Gasteiger partial charge is 0.516 e. The van der Waals surface area contributed by atoms with E-state index in [0.717, 1.165) is 11.3 Å². The van der Waals surface area contributed by atoms with Gasteiger partial charge >= 0.3 is 15.5 Å². The number of para-hydroxylation sites is 1. The summed E-state index contributed by atoms with van der Waals surface area (Å²) in [6.07, 6.45) is 0.504. The third-order valence-electron chi connectivity index (χ3n) is 4.46. The first-order valence-electron chi connectivity index (χ1n) is 9.17. The Labute approximate surface area is 176 Å². The summed E-state index contributed by atoms with van der Waals surface area (Å²) >= 11 is 0. The van der Waals surface area contributed by atoms with Gasteiger partial charge in [0.25, 0.3) is 0 Å². The number of quaternary nitrogens is 1. The van der Waals surface area contributed by atoms with Gasteiger partial charge in [0.05, 0.1) is 12.1 Å². The Morgan fingerprint density at radius 3 is 2.29 bits per heavy atom. The molecule has 0 spiro atoms. The zero-order valence-electron chi connectivity index (χ0n) is 15.9. The number of aliphatic imine (C=N–C) groups is 1. The number of nitrogens with one attached hydrogen (secondary N) is 1. The molecule has 160 valence electrons. The molecule has 10 heteroatoms. The Hall–Kier alpha value is -3.37. The fourth-order valence-electron chi connectivity index (χ4n) is 3.01. The Bertz CT molecular complexity index is 1230. The molecule has 1 heterocycles. The molecule has 0 saturated heterocycles. The Balaban J connectivity index is 1.43. The van der Waals surface area contributed by atoms with E-state index in [9.17, 15) is 21.6 Å². The molecular weight excluding hydrogens is 431 g/mol. The Kier molecular flexibility index (Phi) is 5.42. The maximum Gasteiger partial charge on any atom is 0.516 e. The number of hydrogen-bond acceptors (Lipinski definition) is 4. The van der Waals surface area contributed by atoms with E-state index in [4.69, 9.17) is 4.74 Å². The third-order valence-corrected chi connectivity index (χ3v) is 5.57.